The van der Waals surface area contributed by atoms with E-state index in [4.69, 9.17) is 11.6 Å². The Labute approximate surface area is 98.8 Å². The van der Waals surface area contributed by atoms with Gasteiger partial charge in [0.15, 0.2) is 0 Å². The van der Waals surface area contributed by atoms with E-state index in [1.54, 1.807) is 13.1 Å². The van der Waals surface area contributed by atoms with Crippen LogP contribution in [0.3, 0.4) is 0 Å². The number of anilines is 1. The Morgan fingerprint density at radius 3 is 2.80 bits per heavy atom. The summed E-state index contributed by atoms with van der Waals surface area (Å²) in [4.78, 5) is 7.93. The van der Waals surface area contributed by atoms with Gasteiger partial charge in [0.1, 0.15) is 11.6 Å². The van der Waals surface area contributed by atoms with Crippen LogP contribution in [0.1, 0.15) is 0 Å². The summed E-state index contributed by atoms with van der Waals surface area (Å²) in [7, 11) is 1.72. The minimum Gasteiger partial charge on any atom is -0.372 e. The summed E-state index contributed by atoms with van der Waals surface area (Å²) >= 11 is 8.81. The third kappa shape index (κ3) is 1.89. The molecule has 3 nitrogen and oxygen atoms in total. The first kappa shape index (κ1) is 10.6. The van der Waals surface area contributed by atoms with Crippen molar-refractivity contribution in [1.29, 1.82) is 0 Å². The summed E-state index contributed by atoms with van der Waals surface area (Å²) < 4.78 is 13.6. The van der Waals surface area contributed by atoms with Crippen LogP contribution in [0, 0.1) is 5.82 Å². The smallest absolute Gasteiger partial charge is 0.224 e. The standard InChI is InChI=1S/C9H6BrClFN3/c1-13-8-4-2-5(10)6(12)3-7(4)14-9(11)15-8/h2-3H,1H3,(H,13,14,15). The summed E-state index contributed by atoms with van der Waals surface area (Å²) in [6.07, 6.45) is 0. The van der Waals surface area contributed by atoms with Crippen molar-refractivity contribution < 1.29 is 4.39 Å². The van der Waals surface area contributed by atoms with Gasteiger partial charge in [-0.15, -0.1) is 0 Å². The van der Waals surface area contributed by atoms with Gasteiger partial charge in [-0.05, 0) is 33.6 Å². The third-order valence-corrected chi connectivity index (χ3v) is 2.72. The van der Waals surface area contributed by atoms with Crippen LogP contribution >= 0.6 is 27.5 Å². The number of halogens is 3. The van der Waals surface area contributed by atoms with E-state index in [0.29, 0.717) is 15.8 Å². The van der Waals surface area contributed by atoms with Crippen LogP contribution in [0.15, 0.2) is 16.6 Å². The number of rotatable bonds is 1. The molecule has 0 fully saturated rings. The molecule has 0 spiro atoms. The zero-order valence-electron chi connectivity index (χ0n) is 7.68. The minimum atomic E-state index is -0.376. The average molecular weight is 291 g/mol. The fourth-order valence-corrected chi connectivity index (χ4v) is 1.80. The maximum absolute atomic E-state index is 13.2. The number of hydrogen-bond acceptors (Lipinski definition) is 3. The highest BCUT2D eigenvalue weighted by Crippen LogP contribution is 2.27. The molecule has 1 aromatic carbocycles. The first-order chi connectivity index (χ1) is 7.11. The van der Waals surface area contributed by atoms with Crippen molar-refractivity contribution in [2.45, 2.75) is 0 Å². The molecular weight excluding hydrogens is 284 g/mol. The van der Waals surface area contributed by atoms with E-state index in [1.165, 1.54) is 6.07 Å². The number of hydrogen-bond donors (Lipinski definition) is 1. The predicted octanol–water partition coefficient (Wildman–Crippen LogP) is 3.23. The van der Waals surface area contributed by atoms with Gasteiger partial charge in [0, 0.05) is 18.5 Å². The largest absolute Gasteiger partial charge is 0.372 e. The van der Waals surface area contributed by atoms with Crippen molar-refractivity contribution in [3.8, 4) is 0 Å². The van der Waals surface area contributed by atoms with Crippen molar-refractivity contribution in [2.75, 3.05) is 12.4 Å². The summed E-state index contributed by atoms with van der Waals surface area (Å²) in [5, 5.41) is 3.69. The van der Waals surface area contributed by atoms with Crippen LogP contribution < -0.4 is 5.32 Å². The van der Waals surface area contributed by atoms with E-state index in [9.17, 15) is 4.39 Å². The lowest BCUT2D eigenvalue weighted by Gasteiger charge is -2.05. The fourth-order valence-electron chi connectivity index (χ4n) is 1.29. The molecule has 0 aliphatic heterocycles. The fraction of sp³-hybridized carbons (Fsp3) is 0.111. The Bertz CT molecular complexity index is 532. The molecule has 0 saturated heterocycles. The highest BCUT2D eigenvalue weighted by Gasteiger charge is 2.09. The Hall–Kier alpha value is -0.940. The predicted molar refractivity (Wildman–Crippen MR) is 61.8 cm³/mol. The van der Waals surface area contributed by atoms with Crippen molar-refractivity contribution in [3.05, 3.63) is 27.7 Å². The quantitative estimate of drug-likeness (QED) is 0.820. The van der Waals surface area contributed by atoms with Gasteiger partial charge in [-0.2, -0.15) is 0 Å². The van der Waals surface area contributed by atoms with Gasteiger partial charge < -0.3 is 5.32 Å². The second-order valence-electron chi connectivity index (χ2n) is 2.87. The topological polar surface area (TPSA) is 37.8 Å². The molecule has 78 valence electrons. The lowest BCUT2D eigenvalue weighted by molar-refractivity contribution is 0.623. The van der Waals surface area contributed by atoms with E-state index in [0.717, 1.165) is 5.39 Å². The zero-order valence-corrected chi connectivity index (χ0v) is 10.0. The van der Waals surface area contributed by atoms with Crippen LogP contribution in [0.25, 0.3) is 10.9 Å². The molecule has 0 atom stereocenters. The second-order valence-corrected chi connectivity index (χ2v) is 4.07. The van der Waals surface area contributed by atoms with Gasteiger partial charge in [0.05, 0.1) is 9.99 Å². The van der Waals surface area contributed by atoms with Gasteiger partial charge in [-0.1, -0.05) is 0 Å². The zero-order chi connectivity index (χ0) is 11.0. The van der Waals surface area contributed by atoms with Crippen molar-refractivity contribution >= 4 is 44.3 Å². The molecule has 0 amide bonds. The van der Waals surface area contributed by atoms with Crippen LogP contribution in [-0.2, 0) is 0 Å². The lowest BCUT2D eigenvalue weighted by atomic mass is 10.2. The van der Waals surface area contributed by atoms with E-state index in [1.807, 2.05) is 0 Å². The van der Waals surface area contributed by atoms with E-state index < -0.39 is 0 Å². The highest BCUT2D eigenvalue weighted by molar-refractivity contribution is 9.10. The molecular formula is C9H6BrClFN3. The van der Waals surface area contributed by atoms with E-state index in [2.05, 4.69) is 31.2 Å². The molecule has 15 heavy (non-hydrogen) atoms. The van der Waals surface area contributed by atoms with Crippen molar-refractivity contribution in [2.24, 2.45) is 0 Å². The Morgan fingerprint density at radius 2 is 2.13 bits per heavy atom. The molecule has 2 rings (SSSR count). The molecule has 1 aromatic heterocycles. The SMILES string of the molecule is CNc1nc(Cl)nc2cc(F)c(Br)cc12. The highest BCUT2D eigenvalue weighted by atomic mass is 79.9. The third-order valence-electron chi connectivity index (χ3n) is 1.95. The van der Waals surface area contributed by atoms with Gasteiger partial charge in [0.2, 0.25) is 5.28 Å². The normalized spacial score (nSPS) is 10.7. The number of nitrogens with one attached hydrogen (secondary N) is 1. The lowest BCUT2D eigenvalue weighted by Crippen LogP contribution is -1.97. The Balaban J connectivity index is 2.84. The van der Waals surface area contributed by atoms with Gasteiger partial charge in [0.25, 0.3) is 0 Å². The van der Waals surface area contributed by atoms with Crippen LogP contribution in [-0.4, -0.2) is 17.0 Å². The molecule has 0 aliphatic rings. The molecule has 0 unspecified atom stereocenters. The number of aromatic nitrogens is 2. The molecule has 0 radical (unpaired) electrons. The van der Waals surface area contributed by atoms with Crippen LogP contribution in [0.2, 0.25) is 5.28 Å². The van der Waals surface area contributed by atoms with Crippen LogP contribution in [0.4, 0.5) is 10.2 Å². The van der Waals surface area contributed by atoms with E-state index in [-0.39, 0.29) is 11.1 Å². The summed E-state index contributed by atoms with van der Waals surface area (Å²) in [5.74, 6) is 0.199. The molecule has 0 aliphatic carbocycles. The molecule has 1 N–H and O–H groups in total. The first-order valence-electron chi connectivity index (χ1n) is 4.12. The number of benzene rings is 1. The summed E-state index contributed by atoms with van der Waals surface area (Å²) in [5.41, 5.74) is 0.472. The molecule has 2 aromatic rings. The van der Waals surface area contributed by atoms with Crippen LogP contribution in [0.5, 0.6) is 0 Å². The van der Waals surface area contributed by atoms with Crippen molar-refractivity contribution in [3.63, 3.8) is 0 Å². The molecule has 6 heteroatoms. The minimum absolute atomic E-state index is 0.0913. The Morgan fingerprint density at radius 1 is 1.40 bits per heavy atom. The number of nitrogens with zero attached hydrogens (tertiary/aromatic N) is 2. The van der Waals surface area contributed by atoms with Gasteiger partial charge in [-0.3, -0.25) is 0 Å². The molecule has 0 bridgehead atoms. The summed E-state index contributed by atoms with van der Waals surface area (Å²) in [6.45, 7) is 0. The van der Waals surface area contributed by atoms with Gasteiger partial charge >= 0.3 is 0 Å². The Kier molecular flexibility index (Phi) is 2.75. The average Bonchev–Trinajstić information content (AvgIpc) is 2.19. The van der Waals surface area contributed by atoms with Gasteiger partial charge in [-0.25, -0.2) is 14.4 Å². The first-order valence-corrected chi connectivity index (χ1v) is 5.29. The molecule has 1 heterocycles. The second kappa shape index (κ2) is 3.90. The summed E-state index contributed by atoms with van der Waals surface area (Å²) in [6, 6.07) is 2.93. The van der Waals surface area contributed by atoms with E-state index >= 15 is 0 Å². The maximum Gasteiger partial charge on any atom is 0.224 e. The van der Waals surface area contributed by atoms with Crippen molar-refractivity contribution in [1.82, 2.24) is 9.97 Å². The monoisotopic (exact) mass is 289 g/mol. The molecule has 0 saturated carbocycles. The number of fused-ring (bicyclic) bond motifs is 1. The maximum atomic E-state index is 13.2.